The summed E-state index contributed by atoms with van der Waals surface area (Å²) in [6.07, 6.45) is 0. The maximum atomic E-state index is 13.0. The number of piperidine rings is 1. The Morgan fingerprint density at radius 3 is 2.18 bits per heavy atom. The molecule has 6 rings (SSSR count). The molecule has 3 aliphatic rings. The predicted octanol–water partition coefficient (Wildman–Crippen LogP) is 3.18. The molecule has 3 atom stereocenters. The van der Waals surface area contributed by atoms with Crippen LogP contribution in [0, 0.1) is 0 Å². The lowest BCUT2D eigenvalue weighted by Gasteiger charge is -2.54. The molecule has 3 aromatic carbocycles. The number of nitrogens with one attached hydrogen (secondary N) is 1. The Balaban J connectivity index is 1.31. The molecular formula is C26H27N3O3S. The van der Waals surface area contributed by atoms with Crippen molar-refractivity contribution in [2.24, 2.45) is 0 Å². The van der Waals surface area contributed by atoms with Crippen LogP contribution in [0.25, 0.3) is 11.1 Å². The minimum atomic E-state index is -3.47. The van der Waals surface area contributed by atoms with Gasteiger partial charge in [0.1, 0.15) is 0 Å². The Hall–Kier alpha value is -3.00. The minimum absolute atomic E-state index is 0.0168. The van der Waals surface area contributed by atoms with Crippen molar-refractivity contribution in [3.63, 3.8) is 0 Å². The number of carbonyl (C=O) groups is 1. The summed E-state index contributed by atoms with van der Waals surface area (Å²) in [5.41, 5.74) is 3.93. The van der Waals surface area contributed by atoms with Gasteiger partial charge in [-0.15, -0.1) is 0 Å². The number of amides is 1. The van der Waals surface area contributed by atoms with Crippen LogP contribution in [0.2, 0.25) is 0 Å². The van der Waals surface area contributed by atoms with Crippen LogP contribution in [0.3, 0.4) is 0 Å². The standard InChI is InChI=1S/C26H27N3O3S/c1-28(2)26(30)21-8-6-7-20(15-21)18-11-13-19(14-12-18)25-23-16-29(17-24(25)27-23)33(31,32)22-9-4-3-5-10-22/h3-15,23-25,27H,16-17H2,1-2H3/t23-,24+,25?. The van der Waals surface area contributed by atoms with Gasteiger partial charge in [0.25, 0.3) is 5.91 Å². The fourth-order valence-corrected chi connectivity index (χ4v) is 6.39. The Kier molecular flexibility index (Phi) is 5.56. The summed E-state index contributed by atoms with van der Waals surface area (Å²) in [6.45, 7) is 0.934. The van der Waals surface area contributed by atoms with E-state index in [0.717, 1.165) is 11.1 Å². The lowest BCUT2D eigenvalue weighted by Crippen LogP contribution is -2.72. The smallest absolute Gasteiger partial charge is 0.253 e. The second kappa shape index (κ2) is 8.41. The zero-order chi connectivity index (χ0) is 23.2. The Morgan fingerprint density at radius 1 is 0.879 bits per heavy atom. The summed E-state index contributed by atoms with van der Waals surface area (Å²) in [7, 11) is 0.0312. The number of fused-ring (bicyclic) bond motifs is 2. The van der Waals surface area contributed by atoms with Gasteiger partial charge in [0.2, 0.25) is 10.0 Å². The van der Waals surface area contributed by atoms with Crippen molar-refractivity contribution < 1.29 is 13.2 Å². The summed E-state index contributed by atoms with van der Waals surface area (Å²) in [4.78, 5) is 14.2. The molecule has 1 unspecified atom stereocenters. The number of nitrogens with zero attached hydrogens (tertiary/aromatic N) is 2. The topological polar surface area (TPSA) is 69.7 Å². The molecule has 7 heteroatoms. The number of piperazine rings is 1. The van der Waals surface area contributed by atoms with Crippen LogP contribution in [-0.4, -0.2) is 62.8 Å². The highest BCUT2D eigenvalue weighted by atomic mass is 32.2. The predicted molar refractivity (Wildman–Crippen MR) is 129 cm³/mol. The maximum Gasteiger partial charge on any atom is 0.253 e. The molecule has 0 radical (unpaired) electrons. The first-order valence-electron chi connectivity index (χ1n) is 11.1. The van der Waals surface area contributed by atoms with Gasteiger partial charge in [0.15, 0.2) is 0 Å². The largest absolute Gasteiger partial charge is 0.345 e. The van der Waals surface area contributed by atoms with Crippen LogP contribution in [0.1, 0.15) is 21.8 Å². The molecule has 3 aliphatic heterocycles. The van der Waals surface area contributed by atoms with Crippen LogP contribution in [0.5, 0.6) is 0 Å². The van der Waals surface area contributed by atoms with E-state index >= 15 is 0 Å². The van der Waals surface area contributed by atoms with Gasteiger partial charge in [-0.25, -0.2) is 8.42 Å². The molecule has 3 saturated heterocycles. The number of sulfonamides is 1. The highest BCUT2D eigenvalue weighted by Gasteiger charge is 2.49. The van der Waals surface area contributed by atoms with Gasteiger partial charge < -0.3 is 10.2 Å². The van der Waals surface area contributed by atoms with Gasteiger partial charge in [-0.05, 0) is 41.0 Å². The van der Waals surface area contributed by atoms with E-state index in [1.165, 1.54) is 5.56 Å². The zero-order valence-corrected chi connectivity index (χ0v) is 19.5. The van der Waals surface area contributed by atoms with E-state index in [0.29, 0.717) is 29.5 Å². The van der Waals surface area contributed by atoms with E-state index in [4.69, 9.17) is 0 Å². The van der Waals surface area contributed by atoms with Crippen LogP contribution in [-0.2, 0) is 10.0 Å². The highest BCUT2D eigenvalue weighted by molar-refractivity contribution is 7.89. The first-order chi connectivity index (χ1) is 15.8. The third-order valence-electron chi connectivity index (χ3n) is 6.62. The molecule has 0 aliphatic carbocycles. The van der Waals surface area contributed by atoms with Gasteiger partial charge in [-0.2, -0.15) is 4.31 Å². The number of hydrogen-bond acceptors (Lipinski definition) is 4. The van der Waals surface area contributed by atoms with E-state index in [-0.39, 0.29) is 18.0 Å². The summed E-state index contributed by atoms with van der Waals surface area (Å²) < 4.78 is 27.6. The van der Waals surface area contributed by atoms with E-state index in [9.17, 15) is 13.2 Å². The van der Waals surface area contributed by atoms with Crippen molar-refractivity contribution in [2.45, 2.75) is 22.9 Å². The van der Waals surface area contributed by atoms with Gasteiger partial charge >= 0.3 is 0 Å². The van der Waals surface area contributed by atoms with Crippen molar-refractivity contribution in [3.05, 3.63) is 90.0 Å². The molecule has 1 N–H and O–H groups in total. The van der Waals surface area contributed by atoms with Crippen LogP contribution < -0.4 is 5.32 Å². The molecule has 3 heterocycles. The second-order valence-corrected chi connectivity index (χ2v) is 10.9. The average Bonchev–Trinajstić information content (AvgIpc) is 2.84. The Bertz CT molecular complexity index is 1260. The average molecular weight is 462 g/mol. The Labute approximate surface area is 194 Å². The van der Waals surface area contributed by atoms with E-state index in [1.807, 2.05) is 30.3 Å². The van der Waals surface area contributed by atoms with Gasteiger partial charge in [-0.1, -0.05) is 54.6 Å². The summed E-state index contributed by atoms with van der Waals surface area (Å²) in [6, 6.07) is 24.9. The van der Waals surface area contributed by atoms with Crippen molar-refractivity contribution in [1.82, 2.24) is 14.5 Å². The number of hydrogen-bond donors (Lipinski definition) is 1. The molecule has 3 aromatic rings. The quantitative estimate of drug-likeness (QED) is 0.634. The van der Waals surface area contributed by atoms with Crippen molar-refractivity contribution >= 4 is 15.9 Å². The summed E-state index contributed by atoms with van der Waals surface area (Å²) >= 11 is 0. The van der Waals surface area contributed by atoms with Crippen molar-refractivity contribution in [2.75, 3.05) is 27.2 Å². The highest BCUT2D eigenvalue weighted by Crippen LogP contribution is 2.39. The van der Waals surface area contributed by atoms with Gasteiger partial charge in [0.05, 0.1) is 4.90 Å². The number of benzene rings is 3. The van der Waals surface area contributed by atoms with E-state index in [1.54, 1.807) is 47.6 Å². The first-order valence-corrected chi connectivity index (χ1v) is 12.5. The molecular weight excluding hydrogens is 434 g/mol. The molecule has 2 bridgehead atoms. The lowest BCUT2D eigenvalue weighted by molar-refractivity contribution is 0.0827. The zero-order valence-electron chi connectivity index (χ0n) is 18.7. The molecule has 3 fully saturated rings. The molecule has 170 valence electrons. The van der Waals surface area contributed by atoms with Gasteiger partial charge in [-0.3, -0.25) is 4.79 Å². The monoisotopic (exact) mass is 461 g/mol. The molecule has 1 amide bonds. The third-order valence-corrected chi connectivity index (χ3v) is 8.47. The molecule has 6 nitrogen and oxygen atoms in total. The van der Waals surface area contributed by atoms with Crippen molar-refractivity contribution in [3.8, 4) is 11.1 Å². The fourth-order valence-electron chi connectivity index (χ4n) is 4.88. The summed E-state index contributed by atoms with van der Waals surface area (Å²) in [5, 5.41) is 3.51. The summed E-state index contributed by atoms with van der Waals surface area (Å²) in [5.74, 6) is 0.278. The molecule has 0 spiro atoms. The second-order valence-electron chi connectivity index (χ2n) is 8.94. The Morgan fingerprint density at radius 2 is 1.55 bits per heavy atom. The lowest BCUT2D eigenvalue weighted by atomic mass is 9.75. The first kappa shape index (κ1) is 21.8. The third kappa shape index (κ3) is 3.97. The van der Waals surface area contributed by atoms with E-state index < -0.39 is 10.0 Å². The van der Waals surface area contributed by atoms with Crippen LogP contribution >= 0.6 is 0 Å². The number of rotatable bonds is 5. The van der Waals surface area contributed by atoms with Gasteiger partial charge in [0, 0.05) is 50.7 Å². The number of carbonyl (C=O) groups excluding carboxylic acids is 1. The van der Waals surface area contributed by atoms with Crippen molar-refractivity contribution in [1.29, 1.82) is 0 Å². The van der Waals surface area contributed by atoms with E-state index in [2.05, 4.69) is 29.6 Å². The molecule has 33 heavy (non-hydrogen) atoms. The SMILES string of the molecule is CN(C)C(=O)c1cccc(-c2ccc(C3[C@@H]4CN(S(=O)(=O)c5ccccc5)C[C@H]3N4)cc2)c1. The normalized spacial score (nSPS) is 22.4. The molecule has 0 saturated carbocycles. The minimum Gasteiger partial charge on any atom is -0.345 e. The molecule has 0 aromatic heterocycles. The van der Waals surface area contributed by atoms with Crippen LogP contribution in [0.15, 0.2) is 83.8 Å². The maximum absolute atomic E-state index is 13.0. The van der Waals surface area contributed by atoms with Crippen LogP contribution in [0.4, 0.5) is 0 Å². The fraction of sp³-hybridized carbons (Fsp3) is 0.269.